The van der Waals surface area contributed by atoms with Crippen LogP contribution in [0.1, 0.15) is 27.0 Å². The van der Waals surface area contributed by atoms with E-state index in [1.54, 1.807) is 0 Å². The third-order valence-corrected chi connectivity index (χ3v) is 3.61. The molecule has 1 rings (SSSR count). The Kier molecular flexibility index (Phi) is 6.03. The molecular formula is C14H21N3OS. The van der Waals surface area contributed by atoms with Gasteiger partial charge in [-0.1, -0.05) is 11.8 Å². The lowest BCUT2D eigenvalue weighted by Gasteiger charge is -2.17. The van der Waals surface area contributed by atoms with E-state index in [1.165, 1.54) is 11.3 Å². The fraction of sp³-hybridized carbons (Fsp3) is 0.500. The molecule has 3 N–H and O–H groups in total. The second-order valence-corrected chi connectivity index (χ2v) is 5.82. The monoisotopic (exact) mass is 279 g/mol. The molecule has 0 spiro atoms. The Morgan fingerprint density at radius 3 is 2.84 bits per heavy atom. The zero-order valence-corrected chi connectivity index (χ0v) is 12.7. The van der Waals surface area contributed by atoms with E-state index < -0.39 is 0 Å². The zero-order chi connectivity index (χ0) is 14.4. The lowest BCUT2D eigenvalue weighted by atomic mass is 10.2. The molecule has 4 nitrogen and oxygen atoms in total. The predicted octanol–water partition coefficient (Wildman–Crippen LogP) is 1.05. The van der Waals surface area contributed by atoms with Crippen molar-refractivity contribution in [3.63, 3.8) is 0 Å². The maximum atomic E-state index is 12.1. The highest BCUT2D eigenvalue weighted by atomic mass is 32.1. The largest absolute Gasteiger partial charge is 0.348 e. The number of likely N-dealkylation sites (N-methyl/N-ethyl adjacent to an activating group) is 1. The van der Waals surface area contributed by atoms with Gasteiger partial charge in [0, 0.05) is 12.6 Å². The summed E-state index contributed by atoms with van der Waals surface area (Å²) in [5.74, 6) is 5.76. The second-order valence-electron chi connectivity index (χ2n) is 4.77. The lowest BCUT2D eigenvalue weighted by molar-refractivity contribution is 0.0938. The van der Waals surface area contributed by atoms with Crippen LogP contribution in [0.15, 0.2) is 6.07 Å². The van der Waals surface area contributed by atoms with Gasteiger partial charge in [-0.15, -0.1) is 11.3 Å². The standard InChI is InChI=1S/C14H21N3OS/c1-10-8-13(19-12(10)6-5-7-15)14(18)16-11(2)9-17(3)4/h8,11H,7,9,15H2,1-4H3,(H,16,18). The van der Waals surface area contributed by atoms with Crippen molar-refractivity contribution < 1.29 is 4.79 Å². The Balaban J connectivity index is 2.72. The van der Waals surface area contributed by atoms with E-state index in [1.807, 2.05) is 38.9 Å². The average molecular weight is 279 g/mol. The van der Waals surface area contributed by atoms with Crippen LogP contribution >= 0.6 is 11.3 Å². The van der Waals surface area contributed by atoms with Crippen LogP contribution in [0.2, 0.25) is 0 Å². The van der Waals surface area contributed by atoms with Gasteiger partial charge in [0.05, 0.1) is 16.3 Å². The van der Waals surface area contributed by atoms with Crippen molar-refractivity contribution in [2.75, 3.05) is 27.2 Å². The number of hydrogen-bond donors (Lipinski definition) is 2. The fourth-order valence-electron chi connectivity index (χ4n) is 1.74. The minimum Gasteiger partial charge on any atom is -0.348 e. The van der Waals surface area contributed by atoms with Gasteiger partial charge in [0.1, 0.15) is 0 Å². The number of amides is 1. The first-order valence-electron chi connectivity index (χ1n) is 6.19. The third-order valence-electron chi connectivity index (χ3n) is 2.46. The van der Waals surface area contributed by atoms with Crippen LogP contribution in [0, 0.1) is 18.8 Å². The van der Waals surface area contributed by atoms with Crippen LogP contribution in [0.4, 0.5) is 0 Å². The molecule has 1 amide bonds. The van der Waals surface area contributed by atoms with E-state index in [0.717, 1.165) is 17.0 Å². The predicted molar refractivity (Wildman–Crippen MR) is 80.5 cm³/mol. The highest BCUT2D eigenvalue weighted by Gasteiger charge is 2.14. The van der Waals surface area contributed by atoms with Crippen molar-refractivity contribution >= 4 is 17.2 Å². The van der Waals surface area contributed by atoms with Crippen LogP contribution in [0.25, 0.3) is 0 Å². The molecule has 0 aliphatic rings. The molecule has 0 aromatic carbocycles. The molecule has 0 bridgehead atoms. The third kappa shape index (κ3) is 5.03. The van der Waals surface area contributed by atoms with Crippen LogP contribution in [0.5, 0.6) is 0 Å². The van der Waals surface area contributed by atoms with Gasteiger partial charge in [-0.25, -0.2) is 0 Å². The van der Waals surface area contributed by atoms with E-state index in [9.17, 15) is 4.79 Å². The number of nitrogens with one attached hydrogen (secondary N) is 1. The van der Waals surface area contributed by atoms with Gasteiger partial charge in [-0.3, -0.25) is 4.79 Å². The summed E-state index contributed by atoms with van der Waals surface area (Å²) in [5, 5.41) is 2.98. The maximum absolute atomic E-state index is 12.1. The molecule has 5 heteroatoms. The van der Waals surface area contributed by atoms with Gasteiger partial charge in [0.2, 0.25) is 0 Å². The van der Waals surface area contributed by atoms with Gasteiger partial charge in [-0.05, 0) is 39.6 Å². The summed E-state index contributed by atoms with van der Waals surface area (Å²) in [5.41, 5.74) is 6.38. The normalized spacial score (nSPS) is 11.9. The number of nitrogens with zero attached hydrogens (tertiary/aromatic N) is 1. The van der Waals surface area contributed by atoms with Crippen LogP contribution < -0.4 is 11.1 Å². The summed E-state index contributed by atoms with van der Waals surface area (Å²) in [6.45, 7) is 5.10. The Morgan fingerprint density at radius 1 is 1.58 bits per heavy atom. The Hall–Kier alpha value is -1.35. The number of thiophene rings is 1. The molecule has 1 atom stereocenters. The van der Waals surface area contributed by atoms with E-state index >= 15 is 0 Å². The summed E-state index contributed by atoms with van der Waals surface area (Å²) in [6, 6.07) is 1.99. The summed E-state index contributed by atoms with van der Waals surface area (Å²) in [7, 11) is 3.97. The SMILES string of the molecule is Cc1cc(C(=O)NC(C)CN(C)C)sc1C#CCN. The van der Waals surface area contributed by atoms with Gasteiger partial charge in [-0.2, -0.15) is 0 Å². The molecule has 0 saturated carbocycles. The molecule has 1 aromatic rings. The molecular weight excluding hydrogens is 258 g/mol. The quantitative estimate of drug-likeness (QED) is 0.810. The Morgan fingerprint density at radius 2 is 2.26 bits per heavy atom. The van der Waals surface area contributed by atoms with Gasteiger partial charge in [0.15, 0.2) is 0 Å². The minimum atomic E-state index is -0.0387. The highest BCUT2D eigenvalue weighted by molar-refractivity contribution is 7.14. The highest BCUT2D eigenvalue weighted by Crippen LogP contribution is 2.20. The minimum absolute atomic E-state index is 0.0387. The first kappa shape index (κ1) is 15.7. The number of carbonyl (C=O) groups excluding carboxylic acids is 1. The van der Waals surface area contributed by atoms with Crippen molar-refractivity contribution in [1.29, 1.82) is 0 Å². The number of aryl methyl sites for hydroxylation is 1. The molecule has 1 heterocycles. The molecule has 19 heavy (non-hydrogen) atoms. The van der Waals surface area contributed by atoms with Crippen molar-refractivity contribution in [3.8, 4) is 11.8 Å². The van der Waals surface area contributed by atoms with E-state index in [0.29, 0.717) is 11.4 Å². The van der Waals surface area contributed by atoms with Crippen LogP contribution in [0.3, 0.4) is 0 Å². The van der Waals surface area contributed by atoms with Crippen LogP contribution in [-0.2, 0) is 0 Å². The molecule has 1 aromatic heterocycles. The Labute approximate surface area is 119 Å². The van der Waals surface area contributed by atoms with Gasteiger partial charge in [0.25, 0.3) is 5.91 Å². The summed E-state index contributed by atoms with van der Waals surface area (Å²) >= 11 is 1.41. The summed E-state index contributed by atoms with van der Waals surface area (Å²) < 4.78 is 0. The smallest absolute Gasteiger partial charge is 0.261 e. The molecule has 0 aliphatic heterocycles. The molecule has 0 fully saturated rings. The first-order chi connectivity index (χ1) is 8.93. The Bertz CT molecular complexity index is 497. The number of hydrogen-bond acceptors (Lipinski definition) is 4. The molecule has 104 valence electrons. The van der Waals surface area contributed by atoms with Gasteiger partial charge < -0.3 is 16.0 Å². The second kappa shape index (κ2) is 7.29. The lowest BCUT2D eigenvalue weighted by Crippen LogP contribution is -2.39. The first-order valence-corrected chi connectivity index (χ1v) is 7.00. The average Bonchev–Trinajstić information content (AvgIpc) is 2.67. The zero-order valence-electron chi connectivity index (χ0n) is 11.9. The fourth-order valence-corrected chi connectivity index (χ4v) is 2.69. The van der Waals surface area contributed by atoms with Crippen LogP contribution in [-0.4, -0.2) is 44.0 Å². The van der Waals surface area contributed by atoms with Crippen molar-refractivity contribution in [2.45, 2.75) is 19.9 Å². The number of carbonyl (C=O) groups is 1. The number of rotatable bonds is 4. The number of nitrogens with two attached hydrogens (primary N) is 1. The topological polar surface area (TPSA) is 58.4 Å². The van der Waals surface area contributed by atoms with Crippen molar-refractivity contribution in [1.82, 2.24) is 10.2 Å². The molecule has 0 aliphatic carbocycles. The maximum Gasteiger partial charge on any atom is 0.261 e. The van der Waals surface area contributed by atoms with E-state index in [4.69, 9.17) is 5.73 Å². The summed E-state index contributed by atoms with van der Waals surface area (Å²) in [6.07, 6.45) is 0. The van der Waals surface area contributed by atoms with Crippen molar-refractivity contribution in [2.24, 2.45) is 5.73 Å². The molecule has 0 saturated heterocycles. The van der Waals surface area contributed by atoms with E-state index in [-0.39, 0.29) is 11.9 Å². The van der Waals surface area contributed by atoms with Gasteiger partial charge >= 0.3 is 0 Å². The molecule has 0 radical (unpaired) electrons. The van der Waals surface area contributed by atoms with E-state index in [2.05, 4.69) is 17.2 Å². The summed E-state index contributed by atoms with van der Waals surface area (Å²) in [4.78, 5) is 15.7. The molecule has 1 unspecified atom stereocenters. The van der Waals surface area contributed by atoms with Crippen molar-refractivity contribution in [3.05, 3.63) is 21.4 Å².